The quantitative estimate of drug-likeness (QED) is 0.768. The zero-order valence-electron chi connectivity index (χ0n) is 9.28. The summed E-state index contributed by atoms with van der Waals surface area (Å²) in [7, 11) is 0. The van der Waals surface area contributed by atoms with Crippen LogP contribution in [-0.2, 0) is 0 Å². The van der Waals surface area contributed by atoms with Crippen molar-refractivity contribution < 1.29 is 0 Å². The molecule has 1 atom stereocenters. The van der Waals surface area contributed by atoms with Gasteiger partial charge in [0.25, 0.3) is 0 Å². The number of rotatable bonds is 4. The summed E-state index contributed by atoms with van der Waals surface area (Å²) in [6.45, 7) is 0. The molecule has 0 amide bonds. The summed E-state index contributed by atoms with van der Waals surface area (Å²) in [6.07, 6.45) is 1.77. The Morgan fingerprint density at radius 2 is 1.88 bits per heavy atom. The van der Waals surface area contributed by atoms with Gasteiger partial charge in [0, 0.05) is 11.9 Å². The molecule has 3 heteroatoms. The van der Waals surface area contributed by atoms with E-state index in [9.17, 15) is 5.26 Å². The number of hydrogen-bond donors (Lipinski definition) is 0. The third kappa shape index (κ3) is 3.33. The Kier molecular flexibility index (Phi) is 4.17. The van der Waals surface area contributed by atoms with E-state index in [-0.39, 0.29) is 5.92 Å². The molecule has 0 saturated carbocycles. The highest BCUT2D eigenvalue weighted by Crippen LogP contribution is 2.24. The van der Waals surface area contributed by atoms with Crippen LogP contribution in [0.1, 0.15) is 11.5 Å². The van der Waals surface area contributed by atoms with E-state index in [0.717, 1.165) is 16.3 Å². The van der Waals surface area contributed by atoms with Crippen LogP contribution in [-0.4, -0.2) is 10.7 Å². The minimum Gasteiger partial charge on any atom is -0.250 e. The number of nitrogens with zero attached hydrogens (tertiary/aromatic N) is 2. The van der Waals surface area contributed by atoms with Crippen molar-refractivity contribution in [3.63, 3.8) is 0 Å². The molecule has 2 nitrogen and oxygen atoms in total. The summed E-state index contributed by atoms with van der Waals surface area (Å²) in [5, 5.41) is 10.1. The van der Waals surface area contributed by atoms with Crippen molar-refractivity contribution in [1.29, 1.82) is 5.26 Å². The fourth-order valence-electron chi connectivity index (χ4n) is 1.49. The molecule has 0 bridgehead atoms. The summed E-state index contributed by atoms with van der Waals surface area (Å²) in [6, 6.07) is 18.0. The highest BCUT2D eigenvalue weighted by molar-refractivity contribution is 7.99. The topological polar surface area (TPSA) is 36.7 Å². The van der Waals surface area contributed by atoms with Crippen LogP contribution in [0, 0.1) is 11.3 Å². The Morgan fingerprint density at radius 3 is 2.53 bits per heavy atom. The molecule has 2 rings (SSSR count). The molecule has 0 aliphatic rings. The van der Waals surface area contributed by atoms with Gasteiger partial charge >= 0.3 is 0 Å². The van der Waals surface area contributed by atoms with Crippen molar-refractivity contribution in [3.8, 4) is 6.07 Å². The second-order valence-corrected chi connectivity index (χ2v) is 4.61. The summed E-state index contributed by atoms with van der Waals surface area (Å²) in [4.78, 5) is 4.23. The molecule has 0 N–H and O–H groups in total. The molecule has 1 unspecified atom stereocenters. The minimum atomic E-state index is -0.0804. The monoisotopic (exact) mass is 240 g/mol. The first-order valence-corrected chi connectivity index (χ1v) is 6.37. The molecule has 1 aromatic heterocycles. The first-order chi connectivity index (χ1) is 8.40. The average Bonchev–Trinajstić information content (AvgIpc) is 2.42. The van der Waals surface area contributed by atoms with E-state index in [2.05, 4.69) is 11.1 Å². The Morgan fingerprint density at radius 1 is 1.12 bits per heavy atom. The van der Waals surface area contributed by atoms with E-state index in [1.54, 1.807) is 18.0 Å². The van der Waals surface area contributed by atoms with Crippen LogP contribution in [0.25, 0.3) is 0 Å². The number of benzene rings is 1. The van der Waals surface area contributed by atoms with Gasteiger partial charge in [0.15, 0.2) is 0 Å². The maximum Gasteiger partial charge on any atom is 0.0960 e. The molecule has 0 fully saturated rings. The van der Waals surface area contributed by atoms with Crippen molar-refractivity contribution in [2.45, 2.75) is 10.9 Å². The molecular weight excluding hydrogens is 228 g/mol. The van der Waals surface area contributed by atoms with Crippen LogP contribution in [0.4, 0.5) is 0 Å². The van der Waals surface area contributed by atoms with E-state index >= 15 is 0 Å². The van der Waals surface area contributed by atoms with Gasteiger partial charge in [0.2, 0.25) is 0 Å². The van der Waals surface area contributed by atoms with Crippen LogP contribution < -0.4 is 0 Å². The largest absolute Gasteiger partial charge is 0.250 e. The van der Waals surface area contributed by atoms with E-state index in [0.29, 0.717) is 0 Å². The first-order valence-electron chi connectivity index (χ1n) is 5.38. The van der Waals surface area contributed by atoms with Crippen LogP contribution >= 0.6 is 11.8 Å². The van der Waals surface area contributed by atoms with E-state index in [1.165, 1.54) is 0 Å². The second-order valence-electron chi connectivity index (χ2n) is 3.57. The van der Waals surface area contributed by atoms with Gasteiger partial charge in [0.05, 0.1) is 17.0 Å². The third-order valence-corrected chi connectivity index (χ3v) is 3.43. The molecule has 17 heavy (non-hydrogen) atoms. The number of thioether (sulfide) groups is 1. The van der Waals surface area contributed by atoms with Gasteiger partial charge in [-0.25, -0.2) is 4.98 Å². The summed E-state index contributed by atoms with van der Waals surface area (Å²) >= 11 is 1.61. The van der Waals surface area contributed by atoms with Gasteiger partial charge in [-0.05, 0) is 17.7 Å². The summed E-state index contributed by atoms with van der Waals surface area (Å²) < 4.78 is 0. The van der Waals surface area contributed by atoms with Crippen LogP contribution in [0.2, 0.25) is 0 Å². The maximum absolute atomic E-state index is 9.17. The SMILES string of the molecule is N#CC(CSc1ccccn1)c1ccccc1. The van der Waals surface area contributed by atoms with Crippen molar-refractivity contribution in [2.24, 2.45) is 0 Å². The van der Waals surface area contributed by atoms with Gasteiger partial charge in [-0.2, -0.15) is 5.26 Å². The molecule has 0 saturated heterocycles. The Balaban J connectivity index is 2.01. The number of aromatic nitrogens is 1. The smallest absolute Gasteiger partial charge is 0.0960 e. The lowest BCUT2D eigenvalue weighted by molar-refractivity contribution is 0.991. The predicted octanol–water partition coefficient (Wildman–Crippen LogP) is 3.48. The Hall–Kier alpha value is -1.79. The lowest BCUT2D eigenvalue weighted by atomic mass is 10.0. The van der Waals surface area contributed by atoms with Gasteiger partial charge < -0.3 is 0 Å². The van der Waals surface area contributed by atoms with E-state index in [1.807, 2.05) is 48.5 Å². The summed E-state index contributed by atoms with van der Waals surface area (Å²) in [5.41, 5.74) is 1.07. The molecule has 84 valence electrons. The average molecular weight is 240 g/mol. The molecular formula is C14H12N2S. The molecule has 1 heterocycles. The predicted molar refractivity (Wildman–Crippen MR) is 69.8 cm³/mol. The fourth-order valence-corrected chi connectivity index (χ4v) is 2.41. The molecule has 2 aromatic rings. The molecule has 1 aromatic carbocycles. The van der Waals surface area contributed by atoms with Crippen LogP contribution in [0.5, 0.6) is 0 Å². The van der Waals surface area contributed by atoms with Gasteiger partial charge in [0.1, 0.15) is 0 Å². The Bertz CT molecular complexity index is 491. The third-order valence-electron chi connectivity index (χ3n) is 2.39. The van der Waals surface area contributed by atoms with Gasteiger partial charge in [-0.1, -0.05) is 36.4 Å². The lowest BCUT2D eigenvalue weighted by Crippen LogP contribution is -1.98. The standard InChI is InChI=1S/C14H12N2S/c15-10-13(12-6-2-1-3-7-12)11-17-14-8-4-5-9-16-14/h1-9,13H,11H2. The molecule has 0 aliphatic carbocycles. The van der Waals surface area contributed by atoms with Crippen molar-refractivity contribution in [2.75, 3.05) is 5.75 Å². The maximum atomic E-state index is 9.17. The highest BCUT2D eigenvalue weighted by Gasteiger charge is 2.10. The minimum absolute atomic E-state index is 0.0804. The van der Waals surface area contributed by atoms with Gasteiger partial charge in [-0.3, -0.25) is 0 Å². The zero-order chi connectivity index (χ0) is 11.9. The van der Waals surface area contributed by atoms with E-state index < -0.39 is 0 Å². The first kappa shape index (κ1) is 11.7. The van der Waals surface area contributed by atoms with Crippen molar-refractivity contribution >= 4 is 11.8 Å². The normalized spacial score (nSPS) is 11.7. The number of hydrogen-bond acceptors (Lipinski definition) is 3. The van der Waals surface area contributed by atoms with Crippen LogP contribution in [0.3, 0.4) is 0 Å². The zero-order valence-corrected chi connectivity index (χ0v) is 10.1. The van der Waals surface area contributed by atoms with Crippen LogP contribution in [0.15, 0.2) is 59.8 Å². The summed E-state index contributed by atoms with van der Waals surface area (Å²) in [5.74, 6) is 0.653. The van der Waals surface area contributed by atoms with Gasteiger partial charge in [-0.15, -0.1) is 11.8 Å². The molecule has 0 aliphatic heterocycles. The van der Waals surface area contributed by atoms with Crippen molar-refractivity contribution in [1.82, 2.24) is 4.98 Å². The Labute approximate surface area is 105 Å². The highest BCUT2D eigenvalue weighted by atomic mass is 32.2. The molecule has 0 spiro atoms. The fraction of sp³-hybridized carbons (Fsp3) is 0.143. The van der Waals surface area contributed by atoms with E-state index in [4.69, 9.17) is 0 Å². The number of nitriles is 1. The lowest BCUT2D eigenvalue weighted by Gasteiger charge is -2.08. The number of pyridine rings is 1. The second kappa shape index (κ2) is 6.07. The van der Waals surface area contributed by atoms with Crippen molar-refractivity contribution in [3.05, 3.63) is 60.3 Å². The molecule has 0 radical (unpaired) electrons.